The van der Waals surface area contributed by atoms with Crippen LogP contribution in [0.1, 0.15) is 0 Å². The van der Waals surface area contributed by atoms with Crippen LogP contribution in [-0.2, 0) is 14.3 Å². The molecule has 0 aliphatic carbocycles. The molecule has 1 aliphatic heterocycles. The van der Waals surface area contributed by atoms with E-state index in [2.05, 4.69) is 0 Å². The van der Waals surface area contributed by atoms with Gasteiger partial charge in [0, 0.05) is 9.79 Å². The van der Waals surface area contributed by atoms with Crippen molar-refractivity contribution in [3.05, 3.63) is 48.5 Å². The first-order valence-electron chi connectivity index (χ1n) is 6.66. The van der Waals surface area contributed by atoms with Gasteiger partial charge in [-0.1, -0.05) is 36.0 Å². The largest absolute Gasteiger partial charge is 0.454 e. The lowest BCUT2D eigenvalue weighted by molar-refractivity contribution is -0.150. The number of para-hydroxylation sites is 2. The number of aliphatic hydroxyl groups is 1. The molecule has 0 unspecified atom stereocenters. The van der Waals surface area contributed by atoms with Gasteiger partial charge >= 0.3 is 5.97 Å². The average Bonchev–Trinajstić information content (AvgIpc) is 2.57. The molecule has 6 heteroatoms. The topological polar surface area (TPSA) is 66.8 Å². The molecule has 0 saturated heterocycles. The Labute approximate surface area is 131 Å². The number of carbonyl (C=O) groups excluding carboxylic acids is 2. The van der Waals surface area contributed by atoms with E-state index in [9.17, 15) is 9.59 Å². The molecule has 0 atom stereocenters. The predicted molar refractivity (Wildman–Crippen MR) is 82.2 cm³/mol. The van der Waals surface area contributed by atoms with Crippen LogP contribution in [0, 0.1) is 0 Å². The summed E-state index contributed by atoms with van der Waals surface area (Å²) >= 11 is 1.59. The summed E-state index contributed by atoms with van der Waals surface area (Å²) in [5.41, 5.74) is 1.52. The molecule has 0 bridgehead atoms. The summed E-state index contributed by atoms with van der Waals surface area (Å²) in [6.07, 6.45) is 0. The third-order valence-corrected chi connectivity index (χ3v) is 4.30. The van der Waals surface area contributed by atoms with E-state index in [-0.39, 0.29) is 5.91 Å². The van der Waals surface area contributed by atoms with E-state index in [0.29, 0.717) is 0 Å². The van der Waals surface area contributed by atoms with Crippen molar-refractivity contribution < 1.29 is 19.4 Å². The lowest BCUT2D eigenvalue weighted by Crippen LogP contribution is -2.32. The Balaban J connectivity index is 1.96. The fourth-order valence-corrected chi connectivity index (χ4v) is 3.28. The summed E-state index contributed by atoms with van der Waals surface area (Å²) in [4.78, 5) is 27.0. The number of anilines is 2. The van der Waals surface area contributed by atoms with Crippen LogP contribution in [-0.4, -0.2) is 30.2 Å². The van der Waals surface area contributed by atoms with Crippen molar-refractivity contribution in [3.8, 4) is 0 Å². The molecule has 112 valence electrons. The molecule has 5 nitrogen and oxygen atoms in total. The number of fused-ring (bicyclic) bond motifs is 2. The van der Waals surface area contributed by atoms with E-state index in [1.807, 2.05) is 48.5 Å². The van der Waals surface area contributed by atoms with Gasteiger partial charge in [0.2, 0.25) is 0 Å². The molecule has 1 aliphatic rings. The maximum absolute atomic E-state index is 12.5. The van der Waals surface area contributed by atoms with Gasteiger partial charge in [-0.05, 0) is 24.3 Å². The van der Waals surface area contributed by atoms with Crippen molar-refractivity contribution in [1.82, 2.24) is 0 Å². The van der Waals surface area contributed by atoms with Crippen molar-refractivity contribution in [3.63, 3.8) is 0 Å². The Morgan fingerprint density at radius 2 is 1.55 bits per heavy atom. The van der Waals surface area contributed by atoms with E-state index in [1.165, 1.54) is 0 Å². The van der Waals surface area contributed by atoms with E-state index in [1.54, 1.807) is 16.7 Å². The highest BCUT2D eigenvalue weighted by molar-refractivity contribution is 7.99. The van der Waals surface area contributed by atoms with Gasteiger partial charge in [-0.2, -0.15) is 0 Å². The molecule has 22 heavy (non-hydrogen) atoms. The SMILES string of the molecule is O=C(CO)OCC(=O)N1c2ccccc2Sc2ccccc21. The molecule has 0 saturated carbocycles. The molecule has 1 N–H and O–H groups in total. The van der Waals surface area contributed by atoms with Crippen LogP contribution in [0.5, 0.6) is 0 Å². The third-order valence-electron chi connectivity index (χ3n) is 3.17. The molecule has 0 radical (unpaired) electrons. The highest BCUT2D eigenvalue weighted by Gasteiger charge is 2.28. The minimum Gasteiger partial charge on any atom is -0.454 e. The van der Waals surface area contributed by atoms with Crippen LogP contribution in [0.3, 0.4) is 0 Å². The van der Waals surface area contributed by atoms with Gasteiger partial charge in [-0.25, -0.2) is 4.79 Å². The molecular weight excluding hydrogens is 302 g/mol. The Morgan fingerprint density at radius 3 is 2.09 bits per heavy atom. The Kier molecular flexibility index (Phi) is 4.13. The van der Waals surface area contributed by atoms with Crippen LogP contribution >= 0.6 is 11.8 Å². The number of aliphatic hydroxyl groups excluding tert-OH is 1. The van der Waals surface area contributed by atoms with Crippen LogP contribution in [0.15, 0.2) is 58.3 Å². The molecule has 2 aromatic rings. The average molecular weight is 315 g/mol. The van der Waals surface area contributed by atoms with Crippen LogP contribution in [0.2, 0.25) is 0 Å². The fourth-order valence-electron chi connectivity index (χ4n) is 2.23. The second-order valence-corrected chi connectivity index (χ2v) is 5.67. The van der Waals surface area contributed by atoms with Crippen molar-refractivity contribution in [2.45, 2.75) is 9.79 Å². The Morgan fingerprint density at radius 1 is 1.00 bits per heavy atom. The normalized spacial score (nSPS) is 12.3. The van der Waals surface area contributed by atoms with Crippen molar-refractivity contribution in [2.75, 3.05) is 18.1 Å². The molecule has 0 fully saturated rings. The van der Waals surface area contributed by atoms with Gasteiger partial charge in [0.25, 0.3) is 5.91 Å². The monoisotopic (exact) mass is 315 g/mol. The number of hydrogen-bond acceptors (Lipinski definition) is 5. The van der Waals surface area contributed by atoms with E-state index in [4.69, 9.17) is 9.84 Å². The van der Waals surface area contributed by atoms with Crippen molar-refractivity contribution in [2.24, 2.45) is 0 Å². The van der Waals surface area contributed by atoms with Crippen LogP contribution in [0.25, 0.3) is 0 Å². The lowest BCUT2D eigenvalue weighted by Gasteiger charge is -2.30. The first kappa shape index (κ1) is 14.6. The molecule has 1 heterocycles. The Hall–Kier alpha value is -2.31. The van der Waals surface area contributed by atoms with Gasteiger partial charge in [0.15, 0.2) is 6.61 Å². The second-order valence-electron chi connectivity index (χ2n) is 4.59. The number of amides is 1. The molecule has 0 aromatic heterocycles. The first-order chi connectivity index (χ1) is 10.7. The van der Waals surface area contributed by atoms with Gasteiger partial charge in [-0.3, -0.25) is 9.69 Å². The number of benzene rings is 2. The van der Waals surface area contributed by atoms with E-state index in [0.717, 1.165) is 21.2 Å². The number of hydrogen-bond donors (Lipinski definition) is 1. The smallest absolute Gasteiger partial charge is 0.332 e. The highest BCUT2D eigenvalue weighted by Crippen LogP contribution is 2.47. The highest BCUT2D eigenvalue weighted by atomic mass is 32.2. The van der Waals surface area contributed by atoms with Gasteiger partial charge in [-0.15, -0.1) is 0 Å². The molecule has 1 amide bonds. The number of nitrogens with zero attached hydrogens (tertiary/aromatic N) is 1. The van der Waals surface area contributed by atoms with Crippen LogP contribution in [0.4, 0.5) is 11.4 Å². The molecular formula is C16H13NO4S. The number of rotatable bonds is 3. The van der Waals surface area contributed by atoms with E-state index < -0.39 is 19.2 Å². The maximum atomic E-state index is 12.5. The number of ether oxygens (including phenoxy) is 1. The summed E-state index contributed by atoms with van der Waals surface area (Å²) in [6.45, 7) is -1.15. The predicted octanol–water partition coefficient (Wildman–Crippen LogP) is 2.35. The van der Waals surface area contributed by atoms with Gasteiger partial charge in [0.1, 0.15) is 6.61 Å². The second kappa shape index (κ2) is 6.21. The summed E-state index contributed by atoms with van der Waals surface area (Å²) in [5.74, 6) is -1.18. The zero-order chi connectivity index (χ0) is 15.5. The lowest BCUT2D eigenvalue weighted by atomic mass is 10.2. The number of esters is 1. The summed E-state index contributed by atoms with van der Waals surface area (Å²) in [5, 5.41) is 8.67. The van der Waals surface area contributed by atoms with E-state index >= 15 is 0 Å². The first-order valence-corrected chi connectivity index (χ1v) is 7.47. The number of carbonyl (C=O) groups is 2. The van der Waals surface area contributed by atoms with Crippen LogP contribution < -0.4 is 4.90 Å². The third kappa shape index (κ3) is 2.70. The minimum atomic E-state index is -0.818. The van der Waals surface area contributed by atoms with Crippen molar-refractivity contribution in [1.29, 1.82) is 0 Å². The minimum absolute atomic E-state index is 0.359. The molecule has 0 spiro atoms. The quantitative estimate of drug-likeness (QED) is 0.881. The fraction of sp³-hybridized carbons (Fsp3) is 0.125. The zero-order valence-electron chi connectivity index (χ0n) is 11.6. The molecule has 3 rings (SSSR count). The standard InChI is InChI=1S/C16H13NO4S/c18-9-16(20)21-10-15(19)17-11-5-1-3-7-13(11)22-14-8-4-2-6-12(14)17/h1-8,18H,9-10H2. The Bertz CT molecular complexity index is 686. The summed E-state index contributed by atoms with van der Waals surface area (Å²) in [7, 11) is 0. The maximum Gasteiger partial charge on any atom is 0.332 e. The zero-order valence-corrected chi connectivity index (χ0v) is 12.4. The van der Waals surface area contributed by atoms with Crippen molar-refractivity contribution >= 4 is 35.0 Å². The molecule has 2 aromatic carbocycles. The van der Waals surface area contributed by atoms with Gasteiger partial charge < -0.3 is 9.84 Å². The van der Waals surface area contributed by atoms with Gasteiger partial charge in [0.05, 0.1) is 11.4 Å². The summed E-state index contributed by atoms with van der Waals surface area (Å²) < 4.78 is 4.75. The summed E-state index contributed by atoms with van der Waals surface area (Å²) in [6, 6.07) is 15.1.